The van der Waals surface area contributed by atoms with Crippen molar-refractivity contribution < 1.29 is 22.7 Å². The summed E-state index contributed by atoms with van der Waals surface area (Å²) in [4.78, 5) is 14.6. The Morgan fingerprint density at radius 3 is 2.36 bits per heavy atom. The molecule has 2 aromatic carbocycles. The Bertz CT molecular complexity index is 1190. The van der Waals surface area contributed by atoms with Gasteiger partial charge < -0.3 is 19.7 Å². The van der Waals surface area contributed by atoms with Crippen molar-refractivity contribution in [1.29, 1.82) is 5.41 Å². The third-order valence-corrected chi connectivity index (χ3v) is 8.73. The van der Waals surface area contributed by atoms with Gasteiger partial charge in [-0.3, -0.25) is 10.2 Å². The van der Waals surface area contributed by atoms with E-state index in [1.165, 1.54) is 24.9 Å². The number of methoxy groups -OCH3 is 2. The summed E-state index contributed by atoms with van der Waals surface area (Å²) >= 11 is 0. The number of amides is 1. The summed E-state index contributed by atoms with van der Waals surface area (Å²) < 4.78 is 38.1. The zero-order valence-corrected chi connectivity index (χ0v) is 21.6. The highest BCUT2D eigenvalue weighted by molar-refractivity contribution is 7.89. The van der Waals surface area contributed by atoms with Crippen LogP contribution in [0.2, 0.25) is 0 Å². The van der Waals surface area contributed by atoms with Crippen molar-refractivity contribution >= 4 is 21.9 Å². The Kier molecular flexibility index (Phi) is 8.03. The van der Waals surface area contributed by atoms with E-state index in [9.17, 15) is 13.2 Å². The number of sulfonamides is 1. The van der Waals surface area contributed by atoms with Crippen LogP contribution in [0.15, 0.2) is 47.4 Å². The van der Waals surface area contributed by atoms with Gasteiger partial charge in [-0.1, -0.05) is 31.4 Å². The van der Waals surface area contributed by atoms with Crippen LogP contribution in [0.3, 0.4) is 0 Å². The second-order valence-corrected chi connectivity index (χ2v) is 11.0. The lowest BCUT2D eigenvalue weighted by Gasteiger charge is -2.32. The summed E-state index contributed by atoms with van der Waals surface area (Å²) in [6, 6.07) is 11.9. The summed E-state index contributed by atoms with van der Waals surface area (Å²) in [5.41, 5.74) is 1.37. The Morgan fingerprint density at radius 1 is 1.00 bits per heavy atom. The molecule has 194 valence electrons. The molecular formula is C26H34N4O5S. The molecule has 0 spiro atoms. The number of hydrogen-bond donors (Lipinski definition) is 2. The standard InChI is InChI=1S/C26H34N4O5S/c1-34-23-13-10-20(18-24(23)35-2)25(31)28-15-14-19-8-11-22(12-9-19)36(32,33)30-17-16-29(26(30)27)21-6-4-3-5-7-21/h8-13,18,21,27H,3-7,14-17H2,1-2H3,(H,28,31). The van der Waals surface area contributed by atoms with Crippen LogP contribution in [-0.4, -0.2) is 69.4 Å². The van der Waals surface area contributed by atoms with Crippen LogP contribution >= 0.6 is 0 Å². The lowest BCUT2D eigenvalue weighted by molar-refractivity contribution is 0.0953. The minimum atomic E-state index is -3.78. The molecule has 2 fully saturated rings. The normalized spacial score (nSPS) is 16.8. The first-order valence-corrected chi connectivity index (χ1v) is 13.8. The SMILES string of the molecule is COc1ccc(C(=O)NCCc2ccc(S(=O)(=O)N3CCN(C4CCCCC4)C3=N)cc2)cc1OC. The summed E-state index contributed by atoms with van der Waals surface area (Å²) in [5.74, 6) is 0.888. The van der Waals surface area contributed by atoms with Crippen molar-refractivity contribution in [3.63, 3.8) is 0 Å². The van der Waals surface area contributed by atoms with E-state index >= 15 is 0 Å². The molecule has 1 heterocycles. The lowest BCUT2D eigenvalue weighted by atomic mass is 9.94. The van der Waals surface area contributed by atoms with E-state index in [0.717, 1.165) is 31.2 Å². The molecule has 0 aromatic heterocycles. The molecule has 1 amide bonds. The highest BCUT2D eigenvalue weighted by atomic mass is 32.2. The average molecular weight is 515 g/mol. The maximum atomic E-state index is 13.2. The Morgan fingerprint density at radius 2 is 1.69 bits per heavy atom. The number of nitrogens with one attached hydrogen (secondary N) is 2. The van der Waals surface area contributed by atoms with Crippen LogP contribution in [0.25, 0.3) is 0 Å². The molecule has 2 N–H and O–H groups in total. The highest BCUT2D eigenvalue weighted by Crippen LogP contribution is 2.29. The van der Waals surface area contributed by atoms with E-state index in [2.05, 4.69) is 5.32 Å². The minimum Gasteiger partial charge on any atom is -0.493 e. The summed E-state index contributed by atoms with van der Waals surface area (Å²) in [6.07, 6.45) is 6.08. The molecule has 0 atom stereocenters. The van der Waals surface area contributed by atoms with Crippen LogP contribution < -0.4 is 14.8 Å². The van der Waals surface area contributed by atoms with E-state index in [1.54, 1.807) is 42.5 Å². The van der Waals surface area contributed by atoms with Gasteiger partial charge in [-0.25, -0.2) is 12.7 Å². The first-order chi connectivity index (χ1) is 17.3. The zero-order chi connectivity index (χ0) is 25.7. The first kappa shape index (κ1) is 25.8. The van der Waals surface area contributed by atoms with Crippen LogP contribution in [0.5, 0.6) is 11.5 Å². The van der Waals surface area contributed by atoms with Crippen molar-refractivity contribution in [3.8, 4) is 11.5 Å². The van der Waals surface area contributed by atoms with Gasteiger partial charge in [0.1, 0.15) is 0 Å². The smallest absolute Gasteiger partial charge is 0.266 e. The molecular weight excluding hydrogens is 480 g/mol. The number of ether oxygens (including phenoxy) is 2. The number of carbonyl (C=O) groups is 1. The molecule has 0 unspecified atom stereocenters. The number of rotatable bonds is 9. The number of carbonyl (C=O) groups excluding carboxylic acids is 1. The van der Waals surface area contributed by atoms with Gasteiger partial charge in [-0.15, -0.1) is 0 Å². The molecule has 36 heavy (non-hydrogen) atoms. The number of nitrogens with zero attached hydrogens (tertiary/aromatic N) is 2. The molecule has 1 aliphatic heterocycles. The molecule has 0 radical (unpaired) electrons. The van der Waals surface area contributed by atoms with Gasteiger partial charge in [0.25, 0.3) is 15.9 Å². The third kappa shape index (κ3) is 5.43. The molecule has 1 saturated heterocycles. The molecule has 9 nitrogen and oxygen atoms in total. The van der Waals surface area contributed by atoms with Crippen LogP contribution in [0.4, 0.5) is 0 Å². The van der Waals surface area contributed by atoms with Gasteiger partial charge in [0.05, 0.1) is 25.7 Å². The quantitative estimate of drug-likeness (QED) is 0.531. The van der Waals surface area contributed by atoms with E-state index in [-0.39, 0.29) is 22.8 Å². The van der Waals surface area contributed by atoms with Gasteiger partial charge in [0, 0.05) is 24.7 Å². The predicted molar refractivity (Wildman–Crippen MR) is 137 cm³/mol. The fourth-order valence-electron chi connectivity index (χ4n) is 4.89. The molecule has 1 saturated carbocycles. The van der Waals surface area contributed by atoms with E-state index in [1.807, 2.05) is 4.90 Å². The minimum absolute atomic E-state index is 0.0869. The zero-order valence-electron chi connectivity index (χ0n) is 20.8. The van der Waals surface area contributed by atoms with Gasteiger partial charge in [0.15, 0.2) is 11.5 Å². The largest absolute Gasteiger partial charge is 0.493 e. The maximum Gasteiger partial charge on any atom is 0.266 e. The molecule has 1 aliphatic carbocycles. The highest BCUT2D eigenvalue weighted by Gasteiger charge is 2.38. The topological polar surface area (TPSA) is 112 Å². The van der Waals surface area contributed by atoms with Gasteiger partial charge in [-0.2, -0.15) is 0 Å². The van der Waals surface area contributed by atoms with Crippen LogP contribution in [0.1, 0.15) is 48.0 Å². The van der Waals surface area contributed by atoms with Crippen LogP contribution in [-0.2, 0) is 16.4 Å². The first-order valence-electron chi connectivity index (χ1n) is 12.3. The molecule has 0 bridgehead atoms. The van der Waals surface area contributed by atoms with Crippen molar-refractivity contribution in [3.05, 3.63) is 53.6 Å². The number of guanidine groups is 1. The Labute approximate surface area is 212 Å². The second kappa shape index (κ2) is 11.2. The fraction of sp³-hybridized carbons (Fsp3) is 0.462. The summed E-state index contributed by atoms with van der Waals surface area (Å²) in [5, 5.41) is 11.4. The molecule has 4 rings (SSSR count). The fourth-order valence-corrected chi connectivity index (χ4v) is 6.28. The van der Waals surface area contributed by atoms with E-state index in [4.69, 9.17) is 14.9 Å². The molecule has 2 aromatic rings. The van der Waals surface area contributed by atoms with E-state index in [0.29, 0.717) is 43.1 Å². The van der Waals surface area contributed by atoms with E-state index < -0.39 is 10.0 Å². The second-order valence-electron chi connectivity index (χ2n) is 9.11. The summed E-state index contributed by atoms with van der Waals surface area (Å²) in [6.45, 7) is 1.27. The summed E-state index contributed by atoms with van der Waals surface area (Å²) in [7, 11) is -0.729. The van der Waals surface area contributed by atoms with Crippen LogP contribution in [0, 0.1) is 5.41 Å². The predicted octanol–water partition coefficient (Wildman–Crippen LogP) is 3.25. The monoisotopic (exact) mass is 514 g/mol. The maximum absolute atomic E-state index is 13.2. The molecule has 10 heteroatoms. The van der Waals surface area contributed by atoms with Crippen molar-refractivity contribution in [2.75, 3.05) is 33.9 Å². The Hall–Kier alpha value is -3.27. The molecule has 2 aliphatic rings. The number of hydrogen-bond acceptors (Lipinski definition) is 6. The van der Waals surface area contributed by atoms with Gasteiger partial charge in [0.2, 0.25) is 5.96 Å². The van der Waals surface area contributed by atoms with Crippen molar-refractivity contribution in [2.24, 2.45) is 0 Å². The average Bonchev–Trinajstić information content (AvgIpc) is 3.31. The number of benzene rings is 2. The lowest BCUT2D eigenvalue weighted by Crippen LogP contribution is -2.42. The van der Waals surface area contributed by atoms with Gasteiger partial charge in [-0.05, 0) is 55.2 Å². The van der Waals surface area contributed by atoms with Gasteiger partial charge >= 0.3 is 0 Å². The third-order valence-electron chi connectivity index (χ3n) is 6.92. The van der Waals surface area contributed by atoms with Crippen molar-refractivity contribution in [2.45, 2.75) is 49.5 Å². The van der Waals surface area contributed by atoms with Crippen molar-refractivity contribution in [1.82, 2.24) is 14.5 Å². The Balaban J connectivity index is 1.33.